The molecule has 1 rings (SSSR count). The zero-order valence-corrected chi connectivity index (χ0v) is 12.0. The summed E-state index contributed by atoms with van der Waals surface area (Å²) in [5.41, 5.74) is 2.32. The van der Waals surface area contributed by atoms with Gasteiger partial charge in [0.1, 0.15) is 11.5 Å². The molecule has 0 aliphatic heterocycles. The van der Waals surface area contributed by atoms with Crippen LogP contribution in [0, 0.1) is 0 Å². The fraction of sp³-hybridized carbons (Fsp3) is 0.533. The molecule has 0 N–H and O–H groups in total. The molecule has 0 fully saturated rings. The second-order valence-corrected chi connectivity index (χ2v) is 4.96. The molecule has 0 radical (unpaired) electrons. The third-order valence-electron chi connectivity index (χ3n) is 3.08. The fourth-order valence-corrected chi connectivity index (χ4v) is 1.81. The van der Waals surface area contributed by atoms with Crippen molar-refractivity contribution in [2.24, 2.45) is 0 Å². The summed E-state index contributed by atoms with van der Waals surface area (Å²) in [7, 11) is 3.66. The Morgan fingerprint density at radius 1 is 1.39 bits per heavy atom. The van der Waals surface area contributed by atoms with Gasteiger partial charge in [-0.05, 0) is 30.5 Å². The van der Waals surface area contributed by atoms with Crippen LogP contribution < -0.4 is 9.64 Å². The van der Waals surface area contributed by atoms with Gasteiger partial charge in [-0.3, -0.25) is 4.79 Å². The molecule has 0 amide bonds. The minimum absolute atomic E-state index is 0.209. The Kier molecular flexibility index (Phi) is 5.20. The minimum Gasteiger partial charge on any atom is -0.495 e. The van der Waals surface area contributed by atoms with Crippen LogP contribution in [0.2, 0.25) is 0 Å². The topological polar surface area (TPSA) is 29.5 Å². The lowest BCUT2D eigenvalue weighted by Crippen LogP contribution is -2.21. The third-order valence-corrected chi connectivity index (χ3v) is 3.08. The van der Waals surface area contributed by atoms with E-state index in [1.54, 1.807) is 14.0 Å². The maximum absolute atomic E-state index is 11.1. The van der Waals surface area contributed by atoms with Crippen molar-refractivity contribution < 1.29 is 9.53 Å². The van der Waals surface area contributed by atoms with Gasteiger partial charge in [0.15, 0.2) is 0 Å². The molecule has 0 heterocycles. The monoisotopic (exact) mass is 249 g/mol. The first-order chi connectivity index (χ1) is 8.45. The predicted molar refractivity (Wildman–Crippen MR) is 75.7 cm³/mol. The summed E-state index contributed by atoms with van der Waals surface area (Å²) >= 11 is 0. The highest BCUT2D eigenvalue weighted by Crippen LogP contribution is 2.31. The second kappa shape index (κ2) is 6.43. The van der Waals surface area contributed by atoms with Crippen LogP contribution in [0.3, 0.4) is 0 Å². The number of methoxy groups -OCH3 is 1. The zero-order chi connectivity index (χ0) is 13.7. The molecule has 0 saturated heterocycles. The van der Waals surface area contributed by atoms with Crippen molar-refractivity contribution in [3.05, 3.63) is 23.8 Å². The van der Waals surface area contributed by atoms with Crippen molar-refractivity contribution in [2.45, 2.75) is 33.1 Å². The van der Waals surface area contributed by atoms with Gasteiger partial charge in [0.2, 0.25) is 0 Å². The quantitative estimate of drug-likeness (QED) is 0.775. The van der Waals surface area contributed by atoms with E-state index < -0.39 is 0 Å². The summed E-state index contributed by atoms with van der Waals surface area (Å²) in [6, 6.07) is 6.23. The molecule has 18 heavy (non-hydrogen) atoms. The molecule has 3 nitrogen and oxygen atoms in total. The van der Waals surface area contributed by atoms with E-state index >= 15 is 0 Å². The largest absolute Gasteiger partial charge is 0.495 e. The van der Waals surface area contributed by atoms with Crippen LogP contribution in [0.1, 0.15) is 38.7 Å². The summed E-state index contributed by atoms with van der Waals surface area (Å²) in [5.74, 6) is 1.54. The lowest BCUT2D eigenvalue weighted by Gasteiger charge is -2.22. The predicted octanol–water partition coefficient (Wildman–Crippen LogP) is 3.23. The van der Waals surface area contributed by atoms with Gasteiger partial charge in [0.05, 0.1) is 12.8 Å². The lowest BCUT2D eigenvalue weighted by atomic mass is 10.0. The van der Waals surface area contributed by atoms with Crippen LogP contribution in [0.4, 0.5) is 5.69 Å². The highest BCUT2D eigenvalue weighted by Gasteiger charge is 2.11. The molecule has 1 aromatic rings. The van der Waals surface area contributed by atoms with Crippen molar-refractivity contribution in [1.82, 2.24) is 0 Å². The van der Waals surface area contributed by atoms with Crippen molar-refractivity contribution >= 4 is 11.5 Å². The molecule has 0 saturated carbocycles. The van der Waals surface area contributed by atoms with E-state index in [0.717, 1.165) is 11.4 Å². The molecule has 0 unspecified atom stereocenters. The van der Waals surface area contributed by atoms with Crippen LogP contribution in [-0.2, 0) is 4.79 Å². The number of hydrogen-bond acceptors (Lipinski definition) is 3. The number of ketones is 1. The molecule has 1 aromatic carbocycles. The number of Topliss-reactive ketones (excluding diaryl/α,β-unsaturated/α-hetero) is 1. The van der Waals surface area contributed by atoms with Crippen LogP contribution in [-0.4, -0.2) is 26.5 Å². The van der Waals surface area contributed by atoms with E-state index in [4.69, 9.17) is 4.74 Å². The maximum Gasteiger partial charge on any atom is 0.142 e. The molecule has 3 heteroatoms. The summed E-state index contributed by atoms with van der Waals surface area (Å²) in [4.78, 5) is 13.1. The number of carbonyl (C=O) groups excluding carboxylic acids is 1. The van der Waals surface area contributed by atoms with Gasteiger partial charge in [-0.15, -0.1) is 0 Å². The third kappa shape index (κ3) is 3.76. The smallest absolute Gasteiger partial charge is 0.142 e. The van der Waals surface area contributed by atoms with Gasteiger partial charge in [-0.2, -0.15) is 0 Å². The molecule has 0 aliphatic rings. The number of nitrogens with zero attached hydrogens (tertiary/aromatic N) is 1. The van der Waals surface area contributed by atoms with Crippen molar-refractivity contribution in [2.75, 3.05) is 25.6 Å². The Morgan fingerprint density at radius 2 is 2.06 bits per heavy atom. The van der Waals surface area contributed by atoms with Gasteiger partial charge in [0.25, 0.3) is 0 Å². The SMILES string of the molecule is COc1ccc(C(C)C)cc1N(C)CCC(C)=O. The molecular formula is C15H23NO2. The molecular weight excluding hydrogens is 226 g/mol. The average molecular weight is 249 g/mol. The Labute approximate surface area is 110 Å². The first-order valence-electron chi connectivity index (χ1n) is 6.34. The van der Waals surface area contributed by atoms with Gasteiger partial charge in [-0.25, -0.2) is 0 Å². The Bertz CT molecular complexity index is 413. The number of hydrogen-bond donors (Lipinski definition) is 0. The van der Waals surface area contributed by atoms with Crippen molar-refractivity contribution in [1.29, 1.82) is 0 Å². The lowest BCUT2D eigenvalue weighted by molar-refractivity contribution is -0.116. The standard InChI is InChI=1S/C15H23NO2/c1-11(2)13-6-7-15(18-5)14(10-13)16(4)9-8-12(3)17/h6-7,10-11H,8-9H2,1-5H3. The van der Waals surface area contributed by atoms with E-state index in [-0.39, 0.29) is 5.78 Å². The first-order valence-corrected chi connectivity index (χ1v) is 6.34. The van der Waals surface area contributed by atoms with E-state index in [2.05, 4.69) is 30.9 Å². The summed E-state index contributed by atoms with van der Waals surface area (Å²) < 4.78 is 5.38. The summed E-state index contributed by atoms with van der Waals surface area (Å²) in [6.45, 7) is 6.67. The number of anilines is 1. The molecule has 0 aromatic heterocycles. The Morgan fingerprint density at radius 3 is 2.56 bits per heavy atom. The Balaban J connectivity index is 2.96. The van der Waals surface area contributed by atoms with Gasteiger partial charge >= 0.3 is 0 Å². The van der Waals surface area contributed by atoms with Crippen LogP contribution in [0.5, 0.6) is 5.75 Å². The van der Waals surface area contributed by atoms with Crippen molar-refractivity contribution in [3.63, 3.8) is 0 Å². The Hall–Kier alpha value is -1.51. The number of rotatable bonds is 6. The highest BCUT2D eigenvalue weighted by atomic mass is 16.5. The summed E-state index contributed by atoms with van der Waals surface area (Å²) in [5, 5.41) is 0. The van der Waals surface area contributed by atoms with E-state index in [9.17, 15) is 4.79 Å². The van der Waals surface area contributed by atoms with E-state index in [1.165, 1.54) is 5.56 Å². The maximum atomic E-state index is 11.1. The number of benzene rings is 1. The van der Waals surface area contributed by atoms with Crippen LogP contribution in [0.15, 0.2) is 18.2 Å². The second-order valence-electron chi connectivity index (χ2n) is 4.96. The first kappa shape index (κ1) is 14.6. The van der Waals surface area contributed by atoms with Crippen LogP contribution in [0.25, 0.3) is 0 Å². The molecule has 0 bridgehead atoms. The number of ether oxygens (including phenoxy) is 1. The van der Waals surface area contributed by atoms with E-state index in [1.807, 2.05) is 13.1 Å². The number of carbonyl (C=O) groups is 1. The van der Waals surface area contributed by atoms with Crippen LogP contribution >= 0.6 is 0 Å². The minimum atomic E-state index is 0.209. The van der Waals surface area contributed by atoms with Gasteiger partial charge in [0, 0.05) is 20.0 Å². The average Bonchev–Trinajstić information content (AvgIpc) is 2.34. The highest BCUT2D eigenvalue weighted by molar-refractivity contribution is 5.76. The molecule has 100 valence electrons. The molecule has 0 atom stereocenters. The van der Waals surface area contributed by atoms with Gasteiger partial charge in [-0.1, -0.05) is 19.9 Å². The zero-order valence-electron chi connectivity index (χ0n) is 12.0. The molecule has 0 spiro atoms. The van der Waals surface area contributed by atoms with Crippen molar-refractivity contribution in [3.8, 4) is 5.75 Å². The fourth-order valence-electron chi connectivity index (χ4n) is 1.81. The normalized spacial score (nSPS) is 10.6. The van der Waals surface area contributed by atoms with Gasteiger partial charge < -0.3 is 9.64 Å². The summed E-state index contributed by atoms with van der Waals surface area (Å²) in [6.07, 6.45) is 0.561. The molecule has 0 aliphatic carbocycles. The van der Waals surface area contributed by atoms with E-state index in [0.29, 0.717) is 18.9 Å².